The second kappa shape index (κ2) is 9.70. The number of carbonyl (C=O) groups is 2. The molecular formula is C17H20N4O7S3. The number of esters is 1. The Hall–Kier alpha value is -2.58. The molecule has 1 aromatic heterocycles. The van der Waals surface area contributed by atoms with Crippen molar-refractivity contribution in [2.45, 2.75) is 17.3 Å². The number of fused-ring (bicyclic) bond motifs is 1. The van der Waals surface area contributed by atoms with Crippen molar-refractivity contribution in [3.63, 3.8) is 0 Å². The van der Waals surface area contributed by atoms with Crippen molar-refractivity contribution in [3.05, 3.63) is 18.2 Å². The first-order valence-corrected chi connectivity index (χ1v) is 12.6. The molecule has 1 N–H and O–H groups in total. The number of ether oxygens (including phenoxy) is 3. The van der Waals surface area contributed by atoms with Gasteiger partial charge in [-0.25, -0.2) is 8.42 Å². The molecule has 0 bridgehead atoms. The molecule has 1 amide bonds. The molecule has 168 valence electrons. The highest BCUT2D eigenvalue weighted by atomic mass is 32.2. The lowest BCUT2D eigenvalue weighted by Crippen LogP contribution is -2.45. The lowest BCUT2D eigenvalue weighted by atomic mass is 10.2. The fourth-order valence-electron chi connectivity index (χ4n) is 2.69. The van der Waals surface area contributed by atoms with E-state index < -0.39 is 27.9 Å². The van der Waals surface area contributed by atoms with Gasteiger partial charge >= 0.3 is 5.97 Å². The maximum Gasteiger partial charge on any atom is 0.316 e. The highest BCUT2D eigenvalue weighted by molar-refractivity contribution is 8.01. The first kappa shape index (κ1) is 23.1. The smallest absolute Gasteiger partial charge is 0.316 e. The normalized spacial score (nSPS) is 13.9. The molecule has 3 rings (SSSR count). The first-order valence-electron chi connectivity index (χ1n) is 8.92. The monoisotopic (exact) mass is 488 g/mol. The predicted molar refractivity (Wildman–Crippen MR) is 115 cm³/mol. The largest absolute Gasteiger partial charge is 0.486 e. The first-order chi connectivity index (χ1) is 14.7. The second-order valence-electron chi connectivity index (χ2n) is 6.29. The van der Waals surface area contributed by atoms with Crippen LogP contribution in [0, 0.1) is 0 Å². The molecule has 0 saturated carbocycles. The van der Waals surface area contributed by atoms with Crippen LogP contribution in [0.2, 0.25) is 0 Å². The molecule has 31 heavy (non-hydrogen) atoms. The fourth-order valence-corrected chi connectivity index (χ4v) is 5.44. The molecule has 1 atom stereocenters. The van der Waals surface area contributed by atoms with E-state index >= 15 is 0 Å². The number of sulfonamides is 1. The summed E-state index contributed by atoms with van der Waals surface area (Å²) in [6.07, 6.45) is 1.01. The van der Waals surface area contributed by atoms with Crippen LogP contribution in [0.4, 0.5) is 10.8 Å². The molecular weight excluding hydrogens is 468 g/mol. The van der Waals surface area contributed by atoms with E-state index in [1.54, 1.807) is 12.1 Å². The Kier molecular flexibility index (Phi) is 7.23. The number of hydrogen-bond donors (Lipinski definition) is 1. The van der Waals surface area contributed by atoms with Crippen LogP contribution in [0.5, 0.6) is 11.5 Å². The SMILES string of the molecule is COC(=O)CSc1nnc(NC(=O)[C@H](C)N(c2ccc3c(c2)OCCO3)S(C)(=O)=O)s1. The number of hydrogen-bond acceptors (Lipinski definition) is 11. The molecule has 0 aliphatic carbocycles. The number of rotatable bonds is 8. The average molecular weight is 489 g/mol. The van der Waals surface area contributed by atoms with Crippen molar-refractivity contribution in [2.24, 2.45) is 0 Å². The van der Waals surface area contributed by atoms with Crippen molar-refractivity contribution in [2.75, 3.05) is 42.0 Å². The topological polar surface area (TPSA) is 137 Å². The zero-order chi connectivity index (χ0) is 22.6. The van der Waals surface area contributed by atoms with E-state index in [0.717, 1.165) is 33.7 Å². The van der Waals surface area contributed by atoms with Crippen LogP contribution in [0.3, 0.4) is 0 Å². The lowest BCUT2D eigenvalue weighted by Gasteiger charge is -2.29. The number of carbonyl (C=O) groups excluding carboxylic acids is 2. The van der Waals surface area contributed by atoms with Crippen LogP contribution in [0.25, 0.3) is 0 Å². The third-order valence-corrected chi connectivity index (χ3v) is 7.23. The van der Waals surface area contributed by atoms with Gasteiger partial charge in [0.05, 0.1) is 24.8 Å². The third kappa shape index (κ3) is 5.77. The van der Waals surface area contributed by atoms with E-state index in [4.69, 9.17) is 9.47 Å². The number of aromatic nitrogens is 2. The minimum Gasteiger partial charge on any atom is -0.486 e. The van der Waals surface area contributed by atoms with E-state index in [1.165, 1.54) is 20.1 Å². The Morgan fingerprint density at radius 1 is 1.29 bits per heavy atom. The summed E-state index contributed by atoms with van der Waals surface area (Å²) < 4.78 is 41.9. The summed E-state index contributed by atoms with van der Waals surface area (Å²) in [5, 5.41) is 10.5. The van der Waals surface area contributed by atoms with Crippen LogP contribution >= 0.6 is 23.1 Å². The molecule has 0 unspecified atom stereocenters. The molecule has 1 aliphatic rings. The summed E-state index contributed by atoms with van der Waals surface area (Å²) >= 11 is 2.18. The molecule has 2 heterocycles. The summed E-state index contributed by atoms with van der Waals surface area (Å²) in [4.78, 5) is 24.0. The highest BCUT2D eigenvalue weighted by Crippen LogP contribution is 2.35. The van der Waals surface area contributed by atoms with Gasteiger partial charge < -0.3 is 14.2 Å². The number of methoxy groups -OCH3 is 1. The molecule has 0 radical (unpaired) electrons. The molecule has 0 spiro atoms. The van der Waals surface area contributed by atoms with Crippen molar-refractivity contribution in [1.29, 1.82) is 0 Å². The van der Waals surface area contributed by atoms with Crippen LogP contribution in [-0.2, 0) is 24.3 Å². The quantitative estimate of drug-likeness (QED) is 0.329. The predicted octanol–water partition coefficient (Wildman–Crippen LogP) is 1.37. The van der Waals surface area contributed by atoms with E-state index in [9.17, 15) is 18.0 Å². The van der Waals surface area contributed by atoms with E-state index in [0.29, 0.717) is 29.1 Å². The number of nitrogens with zero attached hydrogens (tertiary/aromatic N) is 3. The average Bonchev–Trinajstić information content (AvgIpc) is 3.18. The molecule has 0 fully saturated rings. The van der Waals surface area contributed by atoms with Gasteiger partial charge in [0, 0.05) is 6.07 Å². The Morgan fingerprint density at radius 2 is 2.00 bits per heavy atom. The van der Waals surface area contributed by atoms with Crippen LogP contribution in [-0.4, -0.2) is 68.9 Å². The summed E-state index contributed by atoms with van der Waals surface area (Å²) in [5.74, 6) is -0.0435. The van der Waals surface area contributed by atoms with E-state index in [2.05, 4.69) is 20.3 Å². The van der Waals surface area contributed by atoms with Gasteiger partial charge in [0.25, 0.3) is 0 Å². The Labute approximate surface area is 187 Å². The number of thioether (sulfide) groups is 1. The molecule has 14 heteroatoms. The van der Waals surface area contributed by atoms with Crippen molar-refractivity contribution in [3.8, 4) is 11.5 Å². The van der Waals surface area contributed by atoms with E-state index in [-0.39, 0.29) is 16.6 Å². The molecule has 1 aliphatic heterocycles. The van der Waals surface area contributed by atoms with Crippen LogP contribution < -0.4 is 19.1 Å². The summed E-state index contributed by atoms with van der Waals surface area (Å²) in [7, 11) is -2.53. The van der Waals surface area contributed by atoms with Gasteiger partial charge in [-0.1, -0.05) is 23.1 Å². The summed E-state index contributed by atoms with van der Waals surface area (Å²) in [6.45, 7) is 2.21. The van der Waals surface area contributed by atoms with Gasteiger partial charge in [0.15, 0.2) is 15.8 Å². The number of anilines is 2. The van der Waals surface area contributed by atoms with E-state index in [1.807, 2.05) is 0 Å². The van der Waals surface area contributed by atoms with Gasteiger partial charge in [-0.15, -0.1) is 10.2 Å². The maximum absolute atomic E-state index is 12.8. The van der Waals surface area contributed by atoms with Gasteiger partial charge in [-0.2, -0.15) is 0 Å². The number of amides is 1. The van der Waals surface area contributed by atoms with Gasteiger partial charge in [0.1, 0.15) is 19.3 Å². The summed E-state index contributed by atoms with van der Waals surface area (Å²) in [6, 6.07) is 3.58. The Balaban J connectivity index is 1.75. The Bertz CT molecular complexity index is 1070. The van der Waals surface area contributed by atoms with Crippen LogP contribution in [0.15, 0.2) is 22.5 Å². The van der Waals surface area contributed by atoms with Crippen molar-refractivity contribution >= 4 is 55.8 Å². The minimum absolute atomic E-state index is 0.0570. The fraction of sp³-hybridized carbons (Fsp3) is 0.412. The summed E-state index contributed by atoms with van der Waals surface area (Å²) in [5.41, 5.74) is 0.265. The Morgan fingerprint density at radius 3 is 2.68 bits per heavy atom. The second-order valence-corrected chi connectivity index (χ2v) is 10.3. The molecule has 1 aromatic carbocycles. The zero-order valence-corrected chi connectivity index (χ0v) is 19.3. The van der Waals surface area contributed by atoms with Gasteiger partial charge in [0.2, 0.25) is 21.1 Å². The van der Waals surface area contributed by atoms with Gasteiger partial charge in [-0.05, 0) is 19.1 Å². The number of nitrogens with one attached hydrogen (secondary N) is 1. The minimum atomic E-state index is -3.81. The van der Waals surface area contributed by atoms with Crippen molar-refractivity contribution in [1.82, 2.24) is 10.2 Å². The van der Waals surface area contributed by atoms with Crippen molar-refractivity contribution < 1.29 is 32.2 Å². The van der Waals surface area contributed by atoms with Gasteiger partial charge in [-0.3, -0.25) is 19.2 Å². The van der Waals surface area contributed by atoms with Crippen LogP contribution in [0.1, 0.15) is 6.92 Å². The number of benzene rings is 1. The standard InChI is InChI=1S/C17H20N4O7S3/c1-10(15(23)18-16-19-20-17(30-16)29-9-14(22)26-2)21(31(3,24)25)11-4-5-12-13(8-11)28-7-6-27-12/h4-5,8,10H,6-7,9H2,1-3H3,(H,18,19,23)/t10-/m0/s1. The lowest BCUT2D eigenvalue weighted by molar-refractivity contribution is -0.137. The molecule has 2 aromatic rings. The maximum atomic E-state index is 12.8. The molecule has 0 saturated heterocycles. The molecule has 11 nitrogen and oxygen atoms in total. The zero-order valence-electron chi connectivity index (χ0n) is 16.9. The third-order valence-electron chi connectivity index (χ3n) is 4.05. The highest BCUT2D eigenvalue weighted by Gasteiger charge is 2.31.